The van der Waals surface area contributed by atoms with Gasteiger partial charge in [-0.25, -0.2) is 4.98 Å². The average molecular weight is 434 g/mol. The third kappa shape index (κ3) is 4.17. The molecule has 1 amide bonds. The van der Waals surface area contributed by atoms with Gasteiger partial charge in [0.15, 0.2) is 0 Å². The number of nitro benzene ring substituents is 1. The summed E-state index contributed by atoms with van der Waals surface area (Å²) in [6, 6.07) is 19.8. The van der Waals surface area contributed by atoms with Crippen molar-refractivity contribution in [1.82, 2.24) is 4.98 Å². The molecule has 0 atom stereocenters. The number of para-hydroxylation sites is 1. The van der Waals surface area contributed by atoms with Gasteiger partial charge in [-0.15, -0.1) is 0 Å². The Bertz CT molecular complexity index is 1310. The highest BCUT2D eigenvalue weighted by atomic mass is 35.5. The number of pyridine rings is 1. The number of nitrogens with zero attached hydrogens (tertiary/aromatic N) is 2. The van der Waals surface area contributed by atoms with E-state index in [1.54, 1.807) is 31.4 Å². The number of benzene rings is 3. The number of nitrogens with one attached hydrogen (secondary N) is 1. The topological polar surface area (TPSA) is 94.4 Å². The van der Waals surface area contributed by atoms with E-state index in [1.165, 1.54) is 24.3 Å². The van der Waals surface area contributed by atoms with Crippen LogP contribution in [0.25, 0.3) is 22.2 Å². The molecule has 31 heavy (non-hydrogen) atoms. The number of ether oxygens (including phenoxy) is 1. The van der Waals surface area contributed by atoms with Crippen LogP contribution < -0.4 is 10.1 Å². The van der Waals surface area contributed by atoms with E-state index in [4.69, 9.17) is 16.3 Å². The molecule has 0 spiro atoms. The Morgan fingerprint density at radius 1 is 1.06 bits per heavy atom. The first kappa shape index (κ1) is 20.3. The molecule has 0 aliphatic heterocycles. The summed E-state index contributed by atoms with van der Waals surface area (Å²) in [6.45, 7) is 0. The van der Waals surface area contributed by atoms with E-state index in [9.17, 15) is 14.9 Å². The zero-order chi connectivity index (χ0) is 22.0. The van der Waals surface area contributed by atoms with Crippen molar-refractivity contribution in [3.05, 3.63) is 93.5 Å². The Hall–Kier alpha value is -3.97. The fourth-order valence-electron chi connectivity index (χ4n) is 3.24. The summed E-state index contributed by atoms with van der Waals surface area (Å²) in [4.78, 5) is 28.2. The molecule has 7 nitrogen and oxygen atoms in total. The summed E-state index contributed by atoms with van der Waals surface area (Å²) in [6.07, 6.45) is 0. The molecule has 0 unspecified atom stereocenters. The van der Waals surface area contributed by atoms with Crippen molar-refractivity contribution in [2.45, 2.75) is 0 Å². The Balaban J connectivity index is 1.80. The van der Waals surface area contributed by atoms with Gasteiger partial charge >= 0.3 is 0 Å². The lowest BCUT2D eigenvalue weighted by molar-refractivity contribution is -0.384. The minimum absolute atomic E-state index is 0.0578. The van der Waals surface area contributed by atoms with Crippen LogP contribution in [0.5, 0.6) is 5.75 Å². The number of aromatic nitrogens is 1. The molecular weight excluding hydrogens is 418 g/mol. The normalized spacial score (nSPS) is 10.6. The maximum atomic E-state index is 13.1. The fraction of sp³-hybridized carbons (Fsp3) is 0.0435. The van der Waals surface area contributed by atoms with Crippen molar-refractivity contribution < 1.29 is 14.5 Å². The molecule has 1 aromatic heterocycles. The van der Waals surface area contributed by atoms with Gasteiger partial charge in [0.1, 0.15) is 5.75 Å². The molecule has 0 fully saturated rings. The first-order valence-corrected chi connectivity index (χ1v) is 9.63. The number of nitro groups is 1. The van der Waals surface area contributed by atoms with Crippen LogP contribution in [0.3, 0.4) is 0 Å². The minimum atomic E-state index is -0.497. The second-order valence-corrected chi connectivity index (χ2v) is 7.11. The smallest absolute Gasteiger partial charge is 0.269 e. The summed E-state index contributed by atoms with van der Waals surface area (Å²) in [5.41, 5.74) is 2.65. The Kier molecular flexibility index (Phi) is 5.51. The minimum Gasteiger partial charge on any atom is -0.496 e. The number of rotatable bonds is 5. The molecule has 4 aromatic rings. The number of fused-ring (bicyclic) bond motifs is 1. The largest absolute Gasteiger partial charge is 0.496 e. The van der Waals surface area contributed by atoms with Gasteiger partial charge in [-0.05, 0) is 48.5 Å². The fourth-order valence-corrected chi connectivity index (χ4v) is 3.42. The zero-order valence-electron chi connectivity index (χ0n) is 16.3. The van der Waals surface area contributed by atoms with E-state index in [-0.39, 0.29) is 11.6 Å². The average Bonchev–Trinajstić information content (AvgIpc) is 2.78. The highest BCUT2D eigenvalue weighted by Crippen LogP contribution is 2.32. The number of non-ortho nitro benzene ring substituents is 1. The molecule has 4 rings (SSSR count). The molecule has 154 valence electrons. The van der Waals surface area contributed by atoms with E-state index < -0.39 is 4.92 Å². The van der Waals surface area contributed by atoms with Crippen LogP contribution in [0, 0.1) is 10.1 Å². The molecular formula is C23H16ClN3O4. The first-order valence-electron chi connectivity index (χ1n) is 9.26. The summed E-state index contributed by atoms with van der Waals surface area (Å²) in [5.74, 6) is 0.240. The predicted octanol–water partition coefficient (Wildman–Crippen LogP) is 5.72. The highest BCUT2D eigenvalue weighted by Gasteiger charge is 2.17. The van der Waals surface area contributed by atoms with Crippen LogP contribution in [-0.2, 0) is 0 Å². The van der Waals surface area contributed by atoms with Crippen LogP contribution >= 0.6 is 11.6 Å². The van der Waals surface area contributed by atoms with E-state index >= 15 is 0 Å². The van der Waals surface area contributed by atoms with Gasteiger partial charge in [-0.2, -0.15) is 0 Å². The number of hydrogen-bond donors (Lipinski definition) is 1. The molecule has 1 heterocycles. The van der Waals surface area contributed by atoms with Gasteiger partial charge in [0.2, 0.25) is 0 Å². The second-order valence-electron chi connectivity index (χ2n) is 6.67. The standard InChI is InChI=1S/C23H16ClN3O4/c1-31-22-5-3-2-4-17(22)21-13-19(18-12-14(24)6-11-20(18)26-21)23(28)25-15-7-9-16(10-8-15)27(29)30/h2-13H,1H3,(H,25,28). The maximum absolute atomic E-state index is 13.1. The number of halogens is 1. The monoisotopic (exact) mass is 433 g/mol. The zero-order valence-corrected chi connectivity index (χ0v) is 17.1. The van der Waals surface area contributed by atoms with Crippen molar-refractivity contribution >= 4 is 39.8 Å². The number of hydrogen-bond acceptors (Lipinski definition) is 5. The van der Waals surface area contributed by atoms with E-state index in [0.717, 1.165) is 5.56 Å². The van der Waals surface area contributed by atoms with Crippen molar-refractivity contribution in [3.63, 3.8) is 0 Å². The number of carbonyl (C=O) groups is 1. The molecule has 1 N–H and O–H groups in total. The summed E-state index contributed by atoms with van der Waals surface area (Å²) in [7, 11) is 1.57. The highest BCUT2D eigenvalue weighted by molar-refractivity contribution is 6.31. The Morgan fingerprint density at radius 3 is 2.52 bits per heavy atom. The number of anilines is 1. The molecule has 0 saturated heterocycles. The number of carbonyl (C=O) groups excluding carboxylic acids is 1. The summed E-state index contributed by atoms with van der Waals surface area (Å²) >= 11 is 6.16. The van der Waals surface area contributed by atoms with Crippen LogP contribution in [-0.4, -0.2) is 22.9 Å². The van der Waals surface area contributed by atoms with E-state index in [0.29, 0.717) is 38.6 Å². The molecule has 0 saturated carbocycles. The molecule has 0 aliphatic carbocycles. The van der Waals surface area contributed by atoms with Gasteiger partial charge in [0.05, 0.1) is 28.8 Å². The molecule has 8 heteroatoms. The lowest BCUT2D eigenvalue weighted by atomic mass is 10.0. The summed E-state index contributed by atoms with van der Waals surface area (Å²) in [5, 5.41) is 14.7. The lowest BCUT2D eigenvalue weighted by Crippen LogP contribution is -2.13. The van der Waals surface area contributed by atoms with Gasteiger partial charge in [0.25, 0.3) is 11.6 Å². The Morgan fingerprint density at radius 2 is 1.81 bits per heavy atom. The van der Waals surface area contributed by atoms with Crippen LogP contribution in [0.1, 0.15) is 10.4 Å². The maximum Gasteiger partial charge on any atom is 0.269 e. The SMILES string of the molecule is COc1ccccc1-c1cc(C(=O)Nc2ccc([N+](=O)[O-])cc2)c2cc(Cl)ccc2n1. The molecule has 3 aromatic carbocycles. The second kappa shape index (κ2) is 8.41. The predicted molar refractivity (Wildman–Crippen MR) is 120 cm³/mol. The third-order valence-electron chi connectivity index (χ3n) is 4.73. The van der Waals surface area contributed by atoms with Gasteiger partial charge in [0, 0.05) is 33.8 Å². The number of amides is 1. The number of methoxy groups -OCH3 is 1. The van der Waals surface area contributed by atoms with Crippen molar-refractivity contribution in [2.24, 2.45) is 0 Å². The third-order valence-corrected chi connectivity index (χ3v) is 4.97. The molecule has 0 aliphatic rings. The van der Waals surface area contributed by atoms with Crippen LogP contribution in [0.2, 0.25) is 5.02 Å². The van der Waals surface area contributed by atoms with Crippen LogP contribution in [0.4, 0.5) is 11.4 Å². The van der Waals surface area contributed by atoms with Gasteiger partial charge < -0.3 is 10.1 Å². The molecule has 0 bridgehead atoms. The lowest BCUT2D eigenvalue weighted by Gasteiger charge is -2.13. The van der Waals surface area contributed by atoms with Gasteiger partial charge in [-0.3, -0.25) is 14.9 Å². The first-order chi connectivity index (χ1) is 15.0. The van der Waals surface area contributed by atoms with Crippen molar-refractivity contribution in [1.29, 1.82) is 0 Å². The van der Waals surface area contributed by atoms with E-state index in [2.05, 4.69) is 10.3 Å². The molecule has 0 radical (unpaired) electrons. The van der Waals surface area contributed by atoms with Gasteiger partial charge in [-0.1, -0.05) is 23.7 Å². The van der Waals surface area contributed by atoms with Crippen molar-refractivity contribution in [2.75, 3.05) is 12.4 Å². The van der Waals surface area contributed by atoms with Crippen LogP contribution in [0.15, 0.2) is 72.8 Å². The Labute approximate surface area is 182 Å². The summed E-state index contributed by atoms with van der Waals surface area (Å²) < 4.78 is 5.44. The van der Waals surface area contributed by atoms with E-state index in [1.807, 2.05) is 24.3 Å². The quantitative estimate of drug-likeness (QED) is 0.320. The van der Waals surface area contributed by atoms with Crippen molar-refractivity contribution in [3.8, 4) is 17.0 Å².